The zero-order valence-electron chi connectivity index (χ0n) is 46.0. The van der Waals surface area contributed by atoms with E-state index in [9.17, 15) is 19.5 Å². The summed E-state index contributed by atoms with van der Waals surface area (Å²) < 4.78 is 22.7. The van der Waals surface area contributed by atoms with Crippen LogP contribution in [0.5, 0.6) is 0 Å². The van der Waals surface area contributed by atoms with E-state index in [1.165, 1.54) is 238 Å². The summed E-state index contributed by atoms with van der Waals surface area (Å²) in [6.45, 7) is 4.80. The van der Waals surface area contributed by atoms with E-state index in [1.807, 2.05) is 21.1 Å². The zero-order valence-corrected chi connectivity index (χ0v) is 46.0. The average molecular weight is 967 g/mol. The number of hydrogen-bond donors (Lipinski definition) is 0. The summed E-state index contributed by atoms with van der Waals surface area (Å²) in [5.41, 5.74) is 0. The number of carboxylic acids is 1. The predicted octanol–water partition coefficient (Wildman–Crippen LogP) is 15.9. The molecular formula is C59H115NO8. The van der Waals surface area contributed by atoms with E-state index in [0.29, 0.717) is 17.4 Å². The van der Waals surface area contributed by atoms with Crippen LogP contribution < -0.4 is 5.11 Å². The number of carbonyl (C=O) groups excluding carboxylic acids is 3. The highest BCUT2D eigenvalue weighted by molar-refractivity contribution is 5.70. The molecule has 0 rings (SSSR count). The lowest BCUT2D eigenvalue weighted by Crippen LogP contribution is -2.44. The van der Waals surface area contributed by atoms with E-state index in [2.05, 4.69) is 13.8 Å². The first kappa shape index (κ1) is 66.3. The fraction of sp³-hybridized carbons (Fsp3) is 0.949. The summed E-state index contributed by atoms with van der Waals surface area (Å²) >= 11 is 0. The standard InChI is InChI=1S/C59H115NO8/c1-6-8-10-12-14-16-18-20-21-22-23-24-25-26-27-28-29-30-31-32-33-34-35-36-38-40-42-44-46-48-50-57(62)68-55(54-67-59(58(63)64)65-52-51-60(3,4)5)53-66-56(61)49-47-45-43-41-39-37-19-17-15-13-11-9-7-2/h55,59H,6-54H2,1-5H3. The minimum absolute atomic E-state index is 0.153. The largest absolute Gasteiger partial charge is 0.545 e. The molecule has 2 atom stereocenters. The second-order valence-corrected chi connectivity index (χ2v) is 21.7. The normalized spacial score (nSPS) is 12.7. The van der Waals surface area contributed by atoms with Crippen LogP contribution in [0.4, 0.5) is 0 Å². The highest BCUT2D eigenvalue weighted by atomic mass is 16.7. The number of ether oxygens (including phenoxy) is 4. The molecule has 0 saturated carbocycles. The lowest BCUT2D eigenvalue weighted by Gasteiger charge is -2.26. The Bertz CT molecular complexity index is 1080. The van der Waals surface area contributed by atoms with E-state index in [-0.39, 0.29) is 32.2 Å². The van der Waals surface area contributed by atoms with Crippen molar-refractivity contribution in [1.82, 2.24) is 0 Å². The van der Waals surface area contributed by atoms with Gasteiger partial charge in [-0.05, 0) is 12.8 Å². The molecule has 0 aliphatic carbocycles. The maximum absolute atomic E-state index is 12.8. The summed E-state index contributed by atoms with van der Waals surface area (Å²) in [6, 6.07) is 0. The third-order valence-corrected chi connectivity index (χ3v) is 13.6. The topological polar surface area (TPSA) is 111 Å². The van der Waals surface area contributed by atoms with E-state index in [0.717, 1.165) is 38.5 Å². The van der Waals surface area contributed by atoms with Crippen LogP contribution in [0.25, 0.3) is 0 Å². The molecule has 0 bridgehead atoms. The predicted molar refractivity (Wildman–Crippen MR) is 284 cm³/mol. The highest BCUT2D eigenvalue weighted by Gasteiger charge is 2.22. The van der Waals surface area contributed by atoms with E-state index in [4.69, 9.17) is 18.9 Å². The van der Waals surface area contributed by atoms with Crippen molar-refractivity contribution in [3.05, 3.63) is 0 Å². The minimum Gasteiger partial charge on any atom is -0.545 e. The molecule has 0 heterocycles. The quantitative estimate of drug-likeness (QED) is 0.0256. The summed E-state index contributed by atoms with van der Waals surface area (Å²) in [6.07, 6.45) is 54.6. The van der Waals surface area contributed by atoms with Crippen molar-refractivity contribution in [3.63, 3.8) is 0 Å². The van der Waals surface area contributed by atoms with Crippen LogP contribution in [-0.2, 0) is 33.3 Å². The van der Waals surface area contributed by atoms with E-state index < -0.39 is 24.3 Å². The molecule has 9 nitrogen and oxygen atoms in total. The van der Waals surface area contributed by atoms with Crippen molar-refractivity contribution in [1.29, 1.82) is 0 Å². The minimum atomic E-state index is -1.61. The number of unbranched alkanes of at least 4 members (excludes halogenated alkanes) is 41. The number of nitrogens with zero attached hydrogens (tertiary/aromatic N) is 1. The van der Waals surface area contributed by atoms with E-state index in [1.54, 1.807) is 0 Å². The molecule has 9 heteroatoms. The molecule has 0 fully saturated rings. The van der Waals surface area contributed by atoms with E-state index >= 15 is 0 Å². The molecule has 0 amide bonds. The summed E-state index contributed by atoms with van der Waals surface area (Å²) in [5, 5.41) is 11.7. The molecule has 0 aromatic rings. The number of esters is 2. The van der Waals surface area contributed by atoms with Gasteiger partial charge in [0.2, 0.25) is 0 Å². The number of rotatable bonds is 56. The molecular weight excluding hydrogens is 851 g/mol. The Hall–Kier alpha value is -1.71. The van der Waals surface area contributed by atoms with Crippen LogP contribution >= 0.6 is 0 Å². The van der Waals surface area contributed by atoms with Gasteiger partial charge in [0, 0.05) is 12.8 Å². The summed E-state index contributed by atoms with van der Waals surface area (Å²) in [5.74, 6) is -2.25. The van der Waals surface area contributed by atoms with Crippen molar-refractivity contribution >= 4 is 17.9 Å². The van der Waals surface area contributed by atoms with Crippen LogP contribution in [0, 0.1) is 0 Å². The Morgan fingerprint density at radius 2 is 0.662 bits per heavy atom. The van der Waals surface area contributed by atoms with Crippen LogP contribution in [0.3, 0.4) is 0 Å². The number of aliphatic carboxylic acids is 1. The van der Waals surface area contributed by atoms with Gasteiger partial charge in [0.1, 0.15) is 13.2 Å². The second kappa shape index (κ2) is 51.6. The maximum Gasteiger partial charge on any atom is 0.306 e. The number of hydrogen-bond acceptors (Lipinski definition) is 8. The third-order valence-electron chi connectivity index (χ3n) is 13.6. The van der Waals surface area contributed by atoms with Gasteiger partial charge in [0.05, 0.1) is 40.3 Å². The summed E-state index contributed by atoms with van der Waals surface area (Å²) in [7, 11) is 5.93. The first-order valence-corrected chi connectivity index (χ1v) is 29.7. The lowest BCUT2D eigenvalue weighted by atomic mass is 10.0. The van der Waals surface area contributed by atoms with Gasteiger partial charge >= 0.3 is 11.9 Å². The molecule has 2 unspecified atom stereocenters. The first-order chi connectivity index (χ1) is 33.1. The number of likely N-dealkylation sites (N-methyl/N-ethyl adjacent to an activating group) is 1. The molecule has 0 spiro atoms. The van der Waals surface area contributed by atoms with Gasteiger partial charge in [0.25, 0.3) is 0 Å². The van der Waals surface area contributed by atoms with Crippen LogP contribution in [0.2, 0.25) is 0 Å². The molecule has 0 radical (unpaired) electrons. The van der Waals surface area contributed by atoms with Crippen molar-refractivity contribution in [2.75, 3.05) is 47.5 Å². The average Bonchev–Trinajstić information content (AvgIpc) is 3.30. The Morgan fingerprint density at radius 3 is 0.941 bits per heavy atom. The molecule has 68 heavy (non-hydrogen) atoms. The Kier molecular flexibility index (Phi) is 50.3. The van der Waals surface area contributed by atoms with Gasteiger partial charge in [-0.1, -0.05) is 277 Å². The van der Waals surface area contributed by atoms with Crippen molar-refractivity contribution in [2.24, 2.45) is 0 Å². The molecule has 0 aliphatic rings. The van der Waals surface area contributed by atoms with Gasteiger partial charge in [0.15, 0.2) is 12.4 Å². The molecule has 404 valence electrons. The molecule has 0 N–H and O–H groups in total. The highest BCUT2D eigenvalue weighted by Crippen LogP contribution is 2.18. The van der Waals surface area contributed by atoms with Crippen molar-refractivity contribution in [2.45, 2.75) is 315 Å². The maximum atomic E-state index is 12.8. The SMILES string of the molecule is CCCCCCCCCCCCCCCCCCCCCCCCCCCCCCCCC(=O)OC(COC(=O)CCCCCCCCCCCCCCC)COC(OCC[N+](C)(C)C)C(=O)[O-]. The fourth-order valence-corrected chi connectivity index (χ4v) is 9.01. The Balaban J connectivity index is 4.05. The molecule has 0 saturated heterocycles. The van der Waals surface area contributed by atoms with Gasteiger partial charge in [-0.25, -0.2) is 0 Å². The number of quaternary nitrogens is 1. The molecule has 0 aliphatic heterocycles. The lowest BCUT2D eigenvalue weighted by molar-refractivity contribution is -0.870. The molecule has 0 aromatic heterocycles. The number of carbonyl (C=O) groups is 3. The van der Waals surface area contributed by atoms with Gasteiger partial charge in [-0.2, -0.15) is 0 Å². The number of carboxylic acid groups (broad SMARTS) is 1. The second-order valence-electron chi connectivity index (χ2n) is 21.7. The smallest absolute Gasteiger partial charge is 0.306 e. The third kappa shape index (κ3) is 52.1. The Morgan fingerprint density at radius 1 is 0.382 bits per heavy atom. The van der Waals surface area contributed by atoms with Crippen LogP contribution in [0.1, 0.15) is 303 Å². The molecule has 0 aromatic carbocycles. The monoisotopic (exact) mass is 966 g/mol. The van der Waals surface area contributed by atoms with Gasteiger partial charge < -0.3 is 33.3 Å². The van der Waals surface area contributed by atoms with Gasteiger partial charge in [-0.3, -0.25) is 9.59 Å². The van der Waals surface area contributed by atoms with Crippen LogP contribution in [0.15, 0.2) is 0 Å². The zero-order chi connectivity index (χ0) is 49.9. The van der Waals surface area contributed by atoms with Crippen molar-refractivity contribution < 1.29 is 42.9 Å². The van der Waals surface area contributed by atoms with Crippen LogP contribution in [-0.4, -0.2) is 82.3 Å². The van der Waals surface area contributed by atoms with Gasteiger partial charge in [-0.15, -0.1) is 0 Å². The summed E-state index contributed by atoms with van der Waals surface area (Å²) in [4.78, 5) is 37.2. The first-order valence-electron chi connectivity index (χ1n) is 29.7. The van der Waals surface area contributed by atoms with Crippen molar-refractivity contribution in [3.8, 4) is 0 Å². The Labute approximate surface area is 422 Å². The fourth-order valence-electron chi connectivity index (χ4n) is 9.01.